The zero-order chi connectivity index (χ0) is 24.8. The van der Waals surface area contributed by atoms with Crippen molar-refractivity contribution >= 4 is 22.0 Å². The summed E-state index contributed by atoms with van der Waals surface area (Å²) in [6.07, 6.45) is 3.56. The van der Waals surface area contributed by atoms with Gasteiger partial charge in [-0.05, 0) is 49.4 Å². The third-order valence-corrected chi connectivity index (χ3v) is 6.84. The summed E-state index contributed by atoms with van der Waals surface area (Å²) < 4.78 is 71.3. The number of alkyl halides is 3. The topological polar surface area (TPSA) is 123 Å². The Labute approximate surface area is 192 Å². The van der Waals surface area contributed by atoms with Crippen molar-refractivity contribution in [1.82, 2.24) is 9.88 Å². The molecule has 4 rings (SSSR count). The smallest absolute Gasteiger partial charge is 0.495 e. The van der Waals surface area contributed by atoms with Gasteiger partial charge in [0.2, 0.25) is 0 Å². The van der Waals surface area contributed by atoms with Crippen LogP contribution in [-0.2, 0) is 23.0 Å². The number of nitrogens with zero attached hydrogens (tertiary/aromatic N) is 2. The van der Waals surface area contributed by atoms with Crippen LogP contribution in [0.1, 0.15) is 56.4 Å². The van der Waals surface area contributed by atoms with Crippen molar-refractivity contribution in [1.29, 1.82) is 0 Å². The van der Waals surface area contributed by atoms with Crippen LogP contribution in [0, 0.1) is 0 Å². The Hall–Kier alpha value is -3.35. The molecule has 1 N–H and O–H groups in total. The number of ether oxygens (including phenoxy) is 1. The molecule has 2 aliphatic rings. The number of carboxylic acid groups (broad SMARTS) is 1. The highest BCUT2D eigenvalue weighted by molar-refractivity contribution is 7.88. The number of hydrogen-bond donors (Lipinski definition) is 1. The maximum Gasteiger partial charge on any atom is 0.534 e. The molecule has 1 aromatic heterocycles. The molecule has 9 nitrogen and oxygen atoms in total. The molecule has 1 aliphatic heterocycles. The molecule has 182 valence electrons. The van der Waals surface area contributed by atoms with Gasteiger partial charge in [-0.2, -0.15) is 21.6 Å². The Bertz CT molecular complexity index is 1280. The van der Waals surface area contributed by atoms with Crippen LogP contribution in [0.25, 0.3) is 0 Å². The highest BCUT2D eigenvalue weighted by atomic mass is 32.2. The number of aromatic nitrogens is 1. The first-order valence-electron chi connectivity index (χ1n) is 10.2. The van der Waals surface area contributed by atoms with Gasteiger partial charge in [0.25, 0.3) is 5.91 Å². The number of aryl methyl sites for hydroxylation is 1. The first-order valence-corrected chi connectivity index (χ1v) is 11.6. The number of carbonyl (C=O) groups excluding carboxylic acids is 1. The predicted octanol–water partition coefficient (Wildman–Crippen LogP) is 3.09. The average Bonchev–Trinajstić information content (AvgIpc) is 2.78. The second kappa shape index (κ2) is 8.46. The van der Waals surface area contributed by atoms with Crippen LogP contribution < -0.4 is 8.92 Å². The number of amides is 1. The Morgan fingerprint density at radius 1 is 1.24 bits per heavy atom. The van der Waals surface area contributed by atoms with Crippen molar-refractivity contribution in [2.75, 3.05) is 13.7 Å². The predicted molar refractivity (Wildman–Crippen MR) is 110 cm³/mol. The number of methoxy groups -OCH3 is 1. The largest absolute Gasteiger partial charge is 0.534 e. The van der Waals surface area contributed by atoms with E-state index in [2.05, 4.69) is 9.17 Å². The summed E-state index contributed by atoms with van der Waals surface area (Å²) in [4.78, 5) is 30.9. The van der Waals surface area contributed by atoms with Gasteiger partial charge in [-0.25, -0.2) is 4.79 Å². The van der Waals surface area contributed by atoms with E-state index in [1.54, 1.807) is 12.3 Å². The fraction of sp³-hybridized carbons (Fsp3) is 0.381. The van der Waals surface area contributed by atoms with Crippen LogP contribution >= 0.6 is 0 Å². The molecule has 1 aliphatic carbocycles. The summed E-state index contributed by atoms with van der Waals surface area (Å²) in [6.45, 7) is 0.0575. The van der Waals surface area contributed by atoms with Gasteiger partial charge in [0.1, 0.15) is 11.5 Å². The first-order chi connectivity index (χ1) is 15.9. The molecular formula is C21H19F3N2O7S. The lowest BCUT2D eigenvalue weighted by Crippen LogP contribution is -2.42. The molecule has 34 heavy (non-hydrogen) atoms. The standard InChI is InChI=1S/C21H19F3N2O7S/c1-32-12-9-15-16(25-10-12)3-2-4-17(15)26-6-5-13-14(19(26)27)7-11(20(28)29)8-18(13)33-34(30,31)21(22,23)24/h7-10,17H,2-6H2,1H3,(H,28,29). The molecule has 2 heterocycles. The fourth-order valence-corrected chi connectivity index (χ4v) is 4.76. The summed E-state index contributed by atoms with van der Waals surface area (Å²) in [5.41, 5.74) is -5.06. The van der Waals surface area contributed by atoms with Crippen molar-refractivity contribution in [3.05, 3.63) is 52.3 Å². The molecule has 1 atom stereocenters. The van der Waals surface area contributed by atoms with Crippen molar-refractivity contribution in [2.45, 2.75) is 37.2 Å². The molecule has 0 spiro atoms. The van der Waals surface area contributed by atoms with Gasteiger partial charge in [0, 0.05) is 23.4 Å². The molecule has 0 radical (unpaired) electrons. The zero-order valence-electron chi connectivity index (χ0n) is 17.8. The monoisotopic (exact) mass is 500 g/mol. The van der Waals surface area contributed by atoms with Crippen LogP contribution in [-0.4, -0.2) is 54.4 Å². The second-order valence-electron chi connectivity index (χ2n) is 7.86. The van der Waals surface area contributed by atoms with Crippen LogP contribution in [0.5, 0.6) is 11.5 Å². The lowest BCUT2D eigenvalue weighted by molar-refractivity contribution is -0.0500. The van der Waals surface area contributed by atoms with E-state index in [0.717, 1.165) is 23.7 Å². The third kappa shape index (κ3) is 4.15. The fourth-order valence-electron chi connectivity index (χ4n) is 4.28. The second-order valence-corrected chi connectivity index (χ2v) is 9.39. The van der Waals surface area contributed by atoms with E-state index in [0.29, 0.717) is 24.7 Å². The van der Waals surface area contributed by atoms with Gasteiger partial charge in [0.05, 0.1) is 24.9 Å². The molecule has 2 aromatic rings. The normalized spacial score (nSPS) is 18.2. The molecule has 0 saturated heterocycles. The molecule has 0 bridgehead atoms. The van der Waals surface area contributed by atoms with Gasteiger partial charge in [0.15, 0.2) is 0 Å². The van der Waals surface area contributed by atoms with E-state index in [1.807, 2.05) is 0 Å². The number of benzene rings is 1. The van der Waals surface area contributed by atoms with E-state index in [9.17, 15) is 36.3 Å². The molecule has 1 unspecified atom stereocenters. The Kier molecular flexibility index (Phi) is 5.92. The molecule has 13 heteroatoms. The van der Waals surface area contributed by atoms with Crippen molar-refractivity contribution in [2.24, 2.45) is 0 Å². The molecule has 1 aromatic carbocycles. The van der Waals surface area contributed by atoms with E-state index < -0.39 is 44.9 Å². The van der Waals surface area contributed by atoms with Crippen molar-refractivity contribution in [3.8, 4) is 11.5 Å². The Morgan fingerprint density at radius 2 is 1.97 bits per heavy atom. The summed E-state index contributed by atoms with van der Waals surface area (Å²) in [5.74, 6) is -2.53. The number of carboxylic acids is 1. The van der Waals surface area contributed by atoms with Crippen LogP contribution in [0.4, 0.5) is 13.2 Å². The molecular weight excluding hydrogens is 481 g/mol. The van der Waals surface area contributed by atoms with E-state index in [4.69, 9.17) is 4.74 Å². The van der Waals surface area contributed by atoms with E-state index >= 15 is 0 Å². The minimum atomic E-state index is -6.07. The zero-order valence-corrected chi connectivity index (χ0v) is 18.6. The van der Waals surface area contributed by atoms with Gasteiger partial charge < -0.3 is 18.9 Å². The Balaban J connectivity index is 1.77. The number of rotatable bonds is 5. The summed E-state index contributed by atoms with van der Waals surface area (Å²) in [5, 5.41) is 9.38. The summed E-state index contributed by atoms with van der Waals surface area (Å²) >= 11 is 0. The summed E-state index contributed by atoms with van der Waals surface area (Å²) in [7, 11) is -4.59. The van der Waals surface area contributed by atoms with E-state index in [-0.39, 0.29) is 24.1 Å². The Morgan fingerprint density at radius 3 is 2.62 bits per heavy atom. The van der Waals surface area contributed by atoms with E-state index in [1.165, 1.54) is 12.0 Å². The van der Waals surface area contributed by atoms with Crippen molar-refractivity contribution < 1.29 is 45.2 Å². The quantitative estimate of drug-likeness (QED) is 0.491. The van der Waals surface area contributed by atoms with Gasteiger partial charge >= 0.3 is 21.6 Å². The highest BCUT2D eigenvalue weighted by Crippen LogP contribution is 2.40. The van der Waals surface area contributed by atoms with Gasteiger partial charge in [-0.1, -0.05) is 0 Å². The highest BCUT2D eigenvalue weighted by Gasteiger charge is 2.49. The number of halogens is 3. The lowest BCUT2D eigenvalue weighted by atomic mass is 9.87. The minimum Gasteiger partial charge on any atom is -0.495 e. The average molecular weight is 500 g/mol. The number of aromatic carboxylic acids is 1. The van der Waals surface area contributed by atoms with Crippen molar-refractivity contribution in [3.63, 3.8) is 0 Å². The maximum absolute atomic E-state index is 13.4. The van der Waals surface area contributed by atoms with Gasteiger partial charge in [-0.15, -0.1) is 0 Å². The van der Waals surface area contributed by atoms with Gasteiger partial charge in [-0.3, -0.25) is 9.78 Å². The first kappa shape index (κ1) is 23.8. The molecule has 1 amide bonds. The van der Waals surface area contributed by atoms with Crippen LogP contribution in [0.3, 0.4) is 0 Å². The van der Waals surface area contributed by atoms with Crippen LogP contribution in [0.2, 0.25) is 0 Å². The lowest BCUT2D eigenvalue weighted by Gasteiger charge is -2.38. The minimum absolute atomic E-state index is 0.0348. The SMILES string of the molecule is COc1cnc2c(c1)C(N1CCc3c(OS(=O)(=O)C(F)(F)F)cc(C(=O)O)cc3C1=O)CCC2. The van der Waals surface area contributed by atoms with Crippen LogP contribution in [0.15, 0.2) is 24.4 Å². The number of pyridine rings is 1. The third-order valence-electron chi connectivity index (χ3n) is 5.87. The maximum atomic E-state index is 13.4. The summed E-state index contributed by atoms with van der Waals surface area (Å²) in [6, 6.07) is 3.06. The number of hydrogen-bond acceptors (Lipinski definition) is 7. The molecule has 0 fully saturated rings. The number of fused-ring (bicyclic) bond motifs is 2. The molecule has 0 saturated carbocycles. The number of carbonyl (C=O) groups is 2.